The molecule has 1 amide bonds. The minimum absolute atomic E-state index is 0.00710. The Bertz CT molecular complexity index is 713. The number of nitrogen functional groups attached to an aromatic ring is 3. The number of nitrogens with two attached hydrogens (primary N) is 3. The third-order valence-corrected chi connectivity index (χ3v) is 4.02. The van der Waals surface area contributed by atoms with E-state index >= 15 is 0 Å². The van der Waals surface area contributed by atoms with Crippen LogP contribution in [-0.2, 0) is 11.2 Å². The molecule has 108 valence electrons. The summed E-state index contributed by atoms with van der Waals surface area (Å²) in [6.45, 7) is 0. The highest BCUT2D eigenvalue weighted by Crippen LogP contribution is 2.36. The zero-order valence-electron chi connectivity index (χ0n) is 11.1. The van der Waals surface area contributed by atoms with Gasteiger partial charge in [-0.3, -0.25) is 4.79 Å². The highest BCUT2D eigenvalue weighted by Gasteiger charge is 2.17. The van der Waals surface area contributed by atoms with E-state index in [1.54, 1.807) is 0 Å². The molecule has 2 aromatic rings. The number of benzene rings is 1. The van der Waals surface area contributed by atoms with E-state index in [0.717, 1.165) is 16.1 Å². The molecule has 0 saturated carbocycles. The highest BCUT2D eigenvalue weighted by molar-refractivity contribution is 7.99. The van der Waals surface area contributed by atoms with Gasteiger partial charge in [-0.05, 0) is 35.9 Å². The summed E-state index contributed by atoms with van der Waals surface area (Å²) in [5, 5.41) is 3.26. The molecule has 0 radical (unpaired) electrons. The molecule has 0 spiro atoms. The lowest BCUT2D eigenvalue weighted by Gasteiger charge is -2.18. The number of nitrogens with zero attached hydrogens (tertiary/aromatic N) is 2. The Morgan fingerprint density at radius 3 is 2.48 bits per heavy atom. The Labute approximate surface area is 125 Å². The maximum atomic E-state index is 11.5. The van der Waals surface area contributed by atoms with Crippen LogP contribution in [0.3, 0.4) is 0 Å². The maximum absolute atomic E-state index is 11.5. The number of carbonyl (C=O) groups is 1. The molecule has 1 aliphatic heterocycles. The summed E-state index contributed by atoms with van der Waals surface area (Å²) in [4.78, 5) is 20.4. The second kappa shape index (κ2) is 5.13. The number of aryl methyl sites for hydroxylation is 1. The normalized spacial score (nSPS) is 13.6. The zero-order valence-corrected chi connectivity index (χ0v) is 11.9. The smallest absolute Gasteiger partial charge is 0.224 e. The van der Waals surface area contributed by atoms with E-state index < -0.39 is 0 Å². The van der Waals surface area contributed by atoms with Crippen LogP contribution >= 0.6 is 11.8 Å². The van der Waals surface area contributed by atoms with Gasteiger partial charge in [0.2, 0.25) is 5.91 Å². The van der Waals surface area contributed by atoms with Gasteiger partial charge in [0, 0.05) is 28.8 Å². The van der Waals surface area contributed by atoms with E-state index in [1.807, 2.05) is 12.1 Å². The summed E-state index contributed by atoms with van der Waals surface area (Å²) in [6, 6.07) is 5.18. The van der Waals surface area contributed by atoms with Gasteiger partial charge in [-0.15, -0.1) is 0 Å². The fourth-order valence-corrected chi connectivity index (χ4v) is 2.97. The van der Waals surface area contributed by atoms with Crippen molar-refractivity contribution in [3.8, 4) is 0 Å². The molecule has 2 heterocycles. The van der Waals surface area contributed by atoms with Crippen molar-refractivity contribution in [3.63, 3.8) is 0 Å². The minimum atomic E-state index is 0.00710. The van der Waals surface area contributed by atoms with Crippen molar-refractivity contribution in [1.29, 1.82) is 0 Å². The summed E-state index contributed by atoms with van der Waals surface area (Å²) in [5.41, 5.74) is 19.8. The average molecular weight is 302 g/mol. The molecule has 0 bridgehead atoms. The number of hydrogen-bond acceptors (Lipinski definition) is 7. The minimum Gasteiger partial charge on any atom is -0.398 e. The summed E-state index contributed by atoms with van der Waals surface area (Å²) in [7, 11) is 0. The predicted octanol–water partition coefficient (Wildman–Crippen LogP) is 1.26. The summed E-state index contributed by atoms with van der Waals surface area (Å²) in [6.07, 6.45) is 1.17. The van der Waals surface area contributed by atoms with Crippen LogP contribution in [0.25, 0.3) is 0 Å². The van der Waals surface area contributed by atoms with Gasteiger partial charge >= 0.3 is 0 Å². The second-order valence-electron chi connectivity index (χ2n) is 4.70. The van der Waals surface area contributed by atoms with E-state index in [9.17, 15) is 4.79 Å². The maximum Gasteiger partial charge on any atom is 0.224 e. The van der Waals surface area contributed by atoms with Crippen molar-refractivity contribution < 1.29 is 4.79 Å². The molecular formula is C13H14N6OS. The Balaban J connectivity index is 1.95. The number of aromatic nitrogens is 2. The summed E-state index contributed by atoms with van der Waals surface area (Å²) < 4.78 is 0. The monoisotopic (exact) mass is 302 g/mol. The Kier molecular flexibility index (Phi) is 3.30. The zero-order chi connectivity index (χ0) is 15.0. The summed E-state index contributed by atoms with van der Waals surface area (Å²) >= 11 is 1.26. The molecule has 0 saturated heterocycles. The lowest BCUT2D eigenvalue weighted by atomic mass is 10.0. The standard InChI is InChI=1S/C13H14N6OS/c14-7-3-6-1-2-12(20)17-8(6)4-9(7)21-13-18-10(15)5-11(16)19-13/h3-5H,1-2,14H2,(H,17,20)(H4,15,16,18,19). The van der Waals surface area contributed by atoms with Crippen LogP contribution < -0.4 is 22.5 Å². The predicted molar refractivity (Wildman–Crippen MR) is 82.8 cm³/mol. The molecule has 1 aromatic carbocycles. The number of anilines is 4. The van der Waals surface area contributed by atoms with Gasteiger partial charge in [0.1, 0.15) is 11.6 Å². The van der Waals surface area contributed by atoms with E-state index in [1.165, 1.54) is 17.8 Å². The topological polar surface area (TPSA) is 133 Å². The third-order valence-electron chi connectivity index (χ3n) is 3.08. The first-order valence-electron chi connectivity index (χ1n) is 6.31. The first-order valence-corrected chi connectivity index (χ1v) is 7.13. The van der Waals surface area contributed by atoms with Gasteiger partial charge in [-0.1, -0.05) is 0 Å². The molecule has 7 N–H and O–H groups in total. The molecule has 3 rings (SSSR count). The quantitative estimate of drug-likeness (QED) is 0.484. The van der Waals surface area contributed by atoms with Crippen LogP contribution in [0.1, 0.15) is 12.0 Å². The molecule has 1 aromatic heterocycles. The first-order chi connectivity index (χ1) is 10.0. The van der Waals surface area contributed by atoms with Gasteiger partial charge in [-0.2, -0.15) is 0 Å². The number of hydrogen-bond donors (Lipinski definition) is 4. The molecule has 21 heavy (non-hydrogen) atoms. The van der Waals surface area contributed by atoms with Crippen LogP contribution in [0.2, 0.25) is 0 Å². The van der Waals surface area contributed by atoms with E-state index in [0.29, 0.717) is 35.3 Å². The van der Waals surface area contributed by atoms with Gasteiger partial charge in [0.15, 0.2) is 5.16 Å². The van der Waals surface area contributed by atoms with Crippen LogP contribution in [-0.4, -0.2) is 15.9 Å². The molecule has 0 unspecified atom stereocenters. The Morgan fingerprint density at radius 2 is 1.76 bits per heavy atom. The first kappa shape index (κ1) is 13.5. The SMILES string of the molecule is Nc1cc(N)nc(Sc2cc3c(cc2N)CCC(=O)N3)n1. The number of fused-ring (bicyclic) bond motifs is 1. The number of carbonyl (C=O) groups excluding carboxylic acids is 1. The fourth-order valence-electron chi connectivity index (χ4n) is 2.12. The molecular weight excluding hydrogens is 288 g/mol. The molecule has 0 atom stereocenters. The van der Waals surface area contributed by atoms with E-state index in [2.05, 4.69) is 15.3 Å². The van der Waals surface area contributed by atoms with E-state index in [-0.39, 0.29) is 5.91 Å². The van der Waals surface area contributed by atoms with Crippen molar-refractivity contribution >= 4 is 40.7 Å². The van der Waals surface area contributed by atoms with Crippen LogP contribution in [0, 0.1) is 0 Å². The van der Waals surface area contributed by atoms with Crippen LogP contribution in [0.4, 0.5) is 23.0 Å². The van der Waals surface area contributed by atoms with E-state index in [4.69, 9.17) is 17.2 Å². The van der Waals surface area contributed by atoms with Gasteiger partial charge < -0.3 is 22.5 Å². The largest absolute Gasteiger partial charge is 0.398 e. The average Bonchev–Trinajstić information content (AvgIpc) is 2.39. The van der Waals surface area contributed by atoms with Crippen molar-refractivity contribution in [2.45, 2.75) is 22.9 Å². The van der Waals surface area contributed by atoms with Crippen molar-refractivity contribution in [2.24, 2.45) is 0 Å². The van der Waals surface area contributed by atoms with Gasteiger partial charge in [0.25, 0.3) is 0 Å². The third kappa shape index (κ3) is 2.84. The van der Waals surface area contributed by atoms with Crippen LogP contribution in [0.15, 0.2) is 28.3 Å². The van der Waals surface area contributed by atoms with Crippen molar-refractivity contribution in [2.75, 3.05) is 22.5 Å². The van der Waals surface area contributed by atoms with Crippen molar-refractivity contribution in [3.05, 3.63) is 23.8 Å². The number of nitrogens with one attached hydrogen (secondary N) is 1. The highest BCUT2D eigenvalue weighted by atomic mass is 32.2. The summed E-state index contributed by atoms with van der Waals surface area (Å²) in [5.74, 6) is 0.609. The lowest BCUT2D eigenvalue weighted by molar-refractivity contribution is -0.116. The molecule has 0 fully saturated rings. The Hall–Kier alpha value is -2.48. The van der Waals surface area contributed by atoms with Gasteiger partial charge in [0.05, 0.1) is 0 Å². The van der Waals surface area contributed by atoms with Crippen LogP contribution in [0.5, 0.6) is 0 Å². The van der Waals surface area contributed by atoms with Crippen molar-refractivity contribution in [1.82, 2.24) is 9.97 Å². The number of amides is 1. The molecule has 7 nitrogen and oxygen atoms in total. The molecule has 0 aliphatic carbocycles. The fraction of sp³-hybridized carbons (Fsp3) is 0.154. The lowest BCUT2D eigenvalue weighted by Crippen LogP contribution is -2.19. The molecule has 1 aliphatic rings. The van der Waals surface area contributed by atoms with Gasteiger partial charge in [-0.25, -0.2) is 9.97 Å². The number of rotatable bonds is 2. The molecule has 8 heteroatoms. The Morgan fingerprint density at radius 1 is 1.05 bits per heavy atom. The second-order valence-corrected chi connectivity index (χ2v) is 5.71.